The number of nitrogens with one attached hydrogen (secondary N) is 2. The summed E-state index contributed by atoms with van der Waals surface area (Å²) in [5.41, 5.74) is 2.41. The minimum absolute atomic E-state index is 0.314. The van der Waals surface area contributed by atoms with Crippen molar-refractivity contribution in [2.75, 3.05) is 5.32 Å². The van der Waals surface area contributed by atoms with Crippen molar-refractivity contribution in [2.24, 2.45) is 0 Å². The number of nitrogens with zero attached hydrogens (tertiary/aromatic N) is 4. The van der Waals surface area contributed by atoms with Crippen LogP contribution in [-0.2, 0) is 19.4 Å². The molecule has 0 aromatic carbocycles. The lowest BCUT2D eigenvalue weighted by molar-refractivity contribution is 0.251. The molecule has 0 spiro atoms. The largest absolute Gasteiger partial charge is 0.361 e. The zero-order chi connectivity index (χ0) is 17.6. The third-order valence-electron chi connectivity index (χ3n) is 3.76. The fourth-order valence-corrected chi connectivity index (χ4v) is 2.48. The Morgan fingerprint density at radius 1 is 1.28 bits per heavy atom. The first kappa shape index (κ1) is 16.7. The SMILES string of the molecule is CCc1noc(CC)c1CNC(=O)Nc1cnn(-c2ccccn2)c1. The Hall–Kier alpha value is -3.16. The topological polar surface area (TPSA) is 97.9 Å². The van der Waals surface area contributed by atoms with Gasteiger partial charge in [0.1, 0.15) is 5.76 Å². The first-order valence-corrected chi connectivity index (χ1v) is 8.18. The number of carbonyl (C=O) groups excluding carboxylic acids is 1. The molecule has 3 heterocycles. The van der Waals surface area contributed by atoms with Crippen LogP contribution >= 0.6 is 0 Å². The second-order valence-electron chi connectivity index (χ2n) is 5.41. The van der Waals surface area contributed by atoms with Crippen molar-refractivity contribution in [2.45, 2.75) is 33.2 Å². The van der Waals surface area contributed by atoms with Gasteiger partial charge in [-0.2, -0.15) is 5.10 Å². The molecule has 0 radical (unpaired) electrons. The highest BCUT2D eigenvalue weighted by Crippen LogP contribution is 2.15. The van der Waals surface area contributed by atoms with Gasteiger partial charge >= 0.3 is 6.03 Å². The van der Waals surface area contributed by atoms with Crippen LogP contribution in [-0.4, -0.2) is 26.0 Å². The van der Waals surface area contributed by atoms with Crippen LogP contribution in [0.2, 0.25) is 0 Å². The Kier molecular flexibility index (Phi) is 5.08. The van der Waals surface area contributed by atoms with E-state index < -0.39 is 0 Å². The fourth-order valence-electron chi connectivity index (χ4n) is 2.48. The van der Waals surface area contributed by atoms with Gasteiger partial charge in [0.15, 0.2) is 5.82 Å². The van der Waals surface area contributed by atoms with Crippen LogP contribution in [0.25, 0.3) is 5.82 Å². The van der Waals surface area contributed by atoms with Gasteiger partial charge in [0.25, 0.3) is 0 Å². The Labute approximate surface area is 145 Å². The minimum atomic E-state index is -0.314. The second kappa shape index (κ2) is 7.61. The number of pyridine rings is 1. The molecule has 25 heavy (non-hydrogen) atoms. The maximum Gasteiger partial charge on any atom is 0.319 e. The van der Waals surface area contributed by atoms with Crippen molar-refractivity contribution in [1.29, 1.82) is 0 Å². The van der Waals surface area contributed by atoms with E-state index >= 15 is 0 Å². The Balaban J connectivity index is 1.60. The van der Waals surface area contributed by atoms with Crippen molar-refractivity contribution in [3.8, 4) is 5.82 Å². The van der Waals surface area contributed by atoms with Crippen LogP contribution in [0.15, 0.2) is 41.3 Å². The molecule has 0 aliphatic rings. The predicted molar refractivity (Wildman–Crippen MR) is 92.5 cm³/mol. The molecule has 2 amide bonds. The number of anilines is 1. The number of urea groups is 1. The number of amides is 2. The lowest BCUT2D eigenvalue weighted by Crippen LogP contribution is -2.28. The zero-order valence-corrected chi connectivity index (χ0v) is 14.2. The number of aromatic nitrogens is 4. The average molecular weight is 340 g/mol. The molecule has 0 saturated carbocycles. The van der Waals surface area contributed by atoms with Gasteiger partial charge in [-0.05, 0) is 18.6 Å². The second-order valence-corrected chi connectivity index (χ2v) is 5.41. The van der Waals surface area contributed by atoms with Crippen LogP contribution in [0.5, 0.6) is 0 Å². The van der Waals surface area contributed by atoms with Gasteiger partial charge in [-0.15, -0.1) is 0 Å². The Morgan fingerprint density at radius 2 is 2.16 bits per heavy atom. The summed E-state index contributed by atoms with van der Waals surface area (Å²) in [6, 6.07) is 5.23. The Bertz CT molecular complexity index is 818. The van der Waals surface area contributed by atoms with Gasteiger partial charge < -0.3 is 15.2 Å². The smallest absolute Gasteiger partial charge is 0.319 e. The maximum atomic E-state index is 12.1. The molecule has 0 fully saturated rings. The highest BCUT2D eigenvalue weighted by Gasteiger charge is 2.14. The summed E-state index contributed by atoms with van der Waals surface area (Å²) in [6.07, 6.45) is 6.47. The summed E-state index contributed by atoms with van der Waals surface area (Å²) >= 11 is 0. The van der Waals surface area contributed by atoms with Gasteiger partial charge in [-0.25, -0.2) is 14.5 Å². The van der Waals surface area contributed by atoms with E-state index in [2.05, 4.69) is 25.9 Å². The first-order chi connectivity index (χ1) is 12.2. The third-order valence-corrected chi connectivity index (χ3v) is 3.76. The van der Waals surface area contributed by atoms with Crippen LogP contribution in [0.1, 0.15) is 30.9 Å². The van der Waals surface area contributed by atoms with E-state index in [1.165, 1.54) is 0 Å². The predicted octanol–water partition coefficient (Wildman–Crippen LogP) is 2.70. The van der Waals surface area contributed by atoms with Crippen LogP contribution < -0.4 is 10.6 Å². The van der Waals surface area contributed by atoms with Crippen LogP contribution in [0, 0.1) is 0 Å². The monoisotopic (exact) mass is 340 g/mol. The van der Waals surface area contributed by atoms with Gasteiger partial charge in [-0.1, -0.05) is 25.1 Å². The van der Waals surface area contributed by atoms with Crippen LogP contribution in [0.4, 0.5) is 10.5 Å². The van der Waals surface area contributed by atoms with E-state index in [0.717, 1.165) is 29.9 Å². The highest BCUT2D eigenvalue weighted by molar-refractivity contribution is 5.88. The molecule has 0 saturated heterocycles. The van der Waals surface area contributed by atoms with E-state index in [1.54, 1.807) is 23.3 Å². The van der Waals surface area contributed by atoms with E-state index in [4.69, 9.17) is 4.52 Å². The summed E-state index contributed by atoms with van der Waals surface area (Å²) in [5, 5.41) is 13.8. The molecular weight excluding hydrogens is 320 g/mol. The fraction of sp³-hybridized carbons (Fsp3) is 0.294. The van der Waals surface area contributed by atoms with Gasteiger partial charge in [0.05, 0.1) is 23.8 Å². The van der Waals surface area contributed by atoms with E-state index in [1.807, 2.05) is 32.0 Å². The summed E-state index contributed by atoms with van der Waals surface area (Å²) in [5.74, 6) is 1.49. The number of hydrogen-bond acceptors (Lipinski definition) is 5. The third kappa shape index (κ3) is 3.85. The lowest BCUT2D eigenvalue weighted by atomic mass is 10.1. The number of carbonyl (C=O) groups is 1. The molecule has 3 aromatic heterocycles. The van der Waals surface area contributed by atoms with Gasteiger partial charge in [0.2, 0.25) is 0 Å². The highest BCUT2D eigenvalue weighted by atomic mass is 16.5. The molecular formula is C17H20N6O2. The average Bonchev–Trinajstić information content (AvgIpc) is 3.26. The van der Waals surface area contributed by atoms with Crippen molar-refractivity contribution in [1.82, 2.24) is 25.2 Å². The molecule has 8 nitrogen and oxygen atoms in total. The minimum Gasteiger partial charge on any atom is -0.361 e. The van der Waals surface area contributed by atoms with Crippen molar-refractivity contribution >= 4 is 11.7 Å². The van der Waals surface area contributed by atoms with Gasteiger partial charge in [0, 0.05) is 24.7 Å². The Morgan fingerprint density at radius 3 is 2.88 bits per heavy atom. The molecule has 0 bridgehead atoms. The summed E-state index contributed by atoms with van der Waals surface area (Å²) in [4.78, 5) is 16.3. The molecule has 3 aromatic rings. The molecule has 0 atom stereocenters. The lowest BCUT2D eigenvalue weighted by Gasteiger charge is -2.06. The number of rotatable bonds is 6. The molecule has 8 heteroatoms. The van der Waals surface area contributed by atoms with Crippen molar-refractivity contribution in [3.63, 3.8) is 0 Å². The molecule has 2 N–H and O–H groups in total. The zero-order valence-electron chi connectivity index (χ0n) is 14.2. The quantitative estimate of drug-likeness (QED) is 0.719. The van der Waals surface area contributed by atoms with E-state index in [9.17, 15) is 4.79 Å². The summed E-state index contributed by atoms with van der Waals surface area (Å²) in [7, 11) is 0. The van der Waals surface area contributed by atoms with Gasteiger partial charge in [-0.3, -0.25) is 0 Å². The van der Waals surface area contributed by atoms with Crippen molar-refractivity contribution in [3.05, 3.63) is 53.8 Å². The summed E-state index contributed by atoms with van der Waals surface area (Å²) in [6.45, 7) is 4.37. The molecule has 0 unspecified atom stereocenters. The normalized spacial score (nSPS) is 10.6. The molecule has 3 rings (SSSR count). The maximum absolute atomic E-state index is 12.1. The summed E-state index contributed by atoms with van der Waals surface area (Å²) < 4.78 is 6.89. The van der Waals surface area contributed by atoms with E-state index in [0.29, 0.717) is 18.1 Å². The first-order valence-electron chi connectivity index (χ1n) is 8.18. The van der Waals surface area contributed by atoms with Crippen LogP contribution in [0.3, 0.4) is 0 Å². The van der Waals surface area contributed by atoms with Crippen molar-refractivity contribution < 1.29 is 9.32 Å². The number of hydrogen-bond donors (Lipinski definition) is 2. The standard InChI is InChI=1S/C17H20N6O2/c1-3-14-13(15(4-2)25-22-14)10-19-17(24)21-12-9-20-23(11-12)16-7-5-6-8-18-16/h5-9,11H,3-4,10H2,1-2H3,(H2,19,21,24). The molecule has 0 aliphatic heterocycles. The molecule has 0 aliphatic carbocycles. The van der Waals surface area contributed by atoms with E-state index in [-0.39, 0.29) is 6.03 Å². The number of aryl methyl sites for hydroxylation is 2. The molecule has 130 valence electrons.